The van der Waals surface area contributed by atoms with Gasteiger partial charge in [-0.3, -0.25) is 14.9 Å². The van der Waals surface area contributed by atoms with Crippen molar-refractivity contribution in [3.63, 3.8) is 0 Å². The van der Waals surface area contributed by atoms with Crippen LogP contribution in [0.25, 0.3) is 0 Å². The average Bonchev–Trinajstić information content (AvgIpc) is 2.44. The summed E-state index contributed by atoms with van der Waals surface area (Å²) in [6, 6.07) is 9.03. The first-order valence-corrected chi connectivity index (χ1v) is 5.51. The smallest absolute Gasteiger partial charge is 0.409 e. The van der Waals surface area contributed by atoms with E-state index in [4.69, 9.17) is 4.74 Å². The van der Waals surface area contributed by atoms with Gasteiger partial charge in [0, 0.05) is 7.05 Å². The third kappa shape index (κ3) is 4.94. The van der Waals surface area contributed by atoms with Crippen LogP contribution in [0.2, 0.25) is 0 Å². The Hall–Kier alpha value is -2.12. The average molecular weight is 268 g/mol. The third-order valence-corrected chi connectivity index (χ3v) is 2.29. The van der Waals surface area contributed by atoms with E-state index in [1.54, 1.807) is 12.1 Å². The van der Waals surface area contributed by atoms with E-state index in [2.05, 4.69) is 4.84 Å². The lowest BCUT2D eigenvalue weighted by molar-refractivity contribution is -0.179. The van der Waals surface area contributed by atoms with Crippen LogP contribution in [0.1, 0.15) is 5.56 Å². The van der Waals surface area contributed by atoms with Crippen molar-refractivity contribution in [2.45, 2.75) is 12.8 Å². The summed E-state index contributed by atoms with van der Waals surface area (Å²) in [5, 5.41) is 12.2. The number of alkyl carbamates (subject to hydrolysis) is 1. The van der Waals surface area contributed by atoms with Crippen LogP contribution in [0.5, 0.6) is 0 Å². The normalized spacial score (nSPS) is 11.5. The molecule has 104 valence electrons. The fraction of sp³-hybridized carbons (Fsp3) is 0.333. The molecule has 0 spiro atoms. The largest absolute Gasteiger partial charge is 0.445 e. The van der Waals surface area contributed by atoms with Gasteiger partial charge in [-0.1, -0.05) is 30.3 Å². The minimum Gasteiger partial charge on any atom is -0.445 e. The Balaban J connectivity index is 2.37. The van der Waals surface area contributed by atoms with Crippen LogP contribution in [-0.4, -0.2) is 42.6 Å². The van der Waals surface area contributed by atoms with Gasteiger partial charge >= 0.3 is 6.09 Å². The van der Waals surface area contributed by atoms with Crippen LogP contribution in [-0.2, 0) is 21.0 Å². The van der Waals surface area contributed by atoms with Gasteiger partial charge in [-0.25, -0.2) is 9.86 Å². The fourth-order valence-corrected chi connectivity index (χ4v) is 1.20. The molecule has 1 aromatic carbocycles. The number of nitrogens with one attached hydrogen (secondary N) is 1. The Morgan fingerprint density at radius 3 is 2.58 bits per heavy atom. The summed E-state index contributed by atoms with van der Waals surface area (Å²) in [7, 11) is 2.57. The summed E-state index contributed by atoms with van der Waals surface area (Å²) in [4.78, 5) is 27.3. The summed E-state index contributed by atoms with van der Waals surface area (Å²) >= 11 is 0. The number of carbonyl (C=O) groups is 2. The molecule has 2 amide bonds. The number of hydrogen-bond donors (Lipinski definition) is 2. The highest BCUT2D eigenvalue weighted by Crippen LogP contribution is 2.00. The molecule has 1 aromatic rings. The number of carbonyl (C=O) groups excluding carboxylic acids is 2. The van der Waals surface area contributed by atoms with E-state index in [1.165, 1.54) is 14.2 Å². The van der Waals surface area contributed by atoms with Crippen LogP contribution < -0.4 is 5.32 Å². The Bertz CT molecular complexity index is 423. The Labute approximate surface area is 110 Å². The van der Waals surface area contributed by atoms with Gasteiger partial charge in [0.25, 0.3) is 5.91 Å². The first-order valence-electron chi connectivity index (χ1n) is 5.51. The molecular weight excluding hydrogens is 252 g/mol. The van der Waals surface area contributed by atoms with Crippen LogP contribution in [0.4, 0.5) is 4.79 Å². The van der Waals surface area contributed by atoms with Crippen molar-refractivity contribution >= 4 is 12.0 Å². The van der Waals surface area contributed by atoms with Crippen molar-refractivity contribution in [2.75, 3.05) is 14.2 Å². The van der Waals surface area contributed by atoms with Gasteiger partial charge in [-0.2, -0.15) is 0 Å². The molecule has 0 saturated heterocycles. The van der Waals surface area contributed by atoms with E-state index < -0.39 is 18.2 Å². The van der Waals surface area contributed by atoms with Crippen molar-refractivity contribution in [2.24, 2.45) is 0 Å². The number of benzene rings is 1. The van der Waals surface area contributed by atoms with Gasteiger partial charge < -0.3 is 9.84 Å². The minimum absolute atomic E-state index is 0.0493. The van der Waals surface area contributed by atoms with Crippen molar-refractivity contribution in [1.29, 1.82) is 0 Å². The fourth-order valence-electron chi connectivity index (χ4n) is 1.20. The number of hydroxylamine groups is 2. The maximum Gasteiger partial charge on any atom is 0.409 e. The molecule has 0 bridgehead atoms. The zero-order valence-corrected chi connectivity index (χ0v) is 10.7. The second kappa shape index (κ2) is 7.34. The van der Waals surface area contributed by atoms with Crippen LogP contribution in [0, 0.1) is 0 Å². The number of hydrogen-bond acceptors (Lipinski definition) is 5. The standard InChI is InChI=1S/C12H16N2O5/c1-14(18-2)11(16)10(15)13-12(17)19-8-9-6-4-3-5-7-9/h3-7,10,15H,8H2,1-2H3,(H,13,17). The minimum atomic E-state index is -1.71. The number of aliphatic hydroxyl groups is 1. The van der Waals surface area contributed by atoms with Gasteiger partial charge in [0.15, 0.2) is 0 Å². The first kappa shape index (κ1) is 14.9. The van der Waals surface area contributed by atoms with E-state index in [9.17, 15) is 14.7 Å². The topological polar surface area (TPSA) is 88.1 Å². The predicted molar refractivity (Wildman–Crippen MR) is 65.5 cm³/mol. The SMILES string of the molecule is CON(C)C(=O)C(O)NC(=O)OCc1ccccc1. The molecule has 1 atom stereocenters. The Morgan fingerprint density at radius 2 is 2.00 bits per heavy atom. The zero-order chi connectivity index (χ0) is 14.3. The molecule has 7 nitrogen and oxygen atoms in total. The van der Waals surface area contributed by atoms with E-state index in [1.807, 2.05) is 23.5 Å². The molecule has 0 radical (unpaired) electrons. The highest BCUT2D eigenvalue weighted by atomic mass is 16.7. The summed E-state index contributed by atoms with van der Waals surface area (Å²) in [6.07, 6.45) is -2.61. The first-order chi connectivity index (χ1) is 9.04. The molecule has 1 unspecified atom stereocenters. The van der Waals surface area contributed by atoms with Gasteiger partial charge in [-0.15, -0.1) is 0 Å². The van der Waals surface area contributed by atoms with Gasteiger partial charge in [-0.05, 0) is 5.56 Å². The Kier molecular flexibility index (Phi) is 5.77. The lowest BCUT2D eigenvalue weighted by Gasteiger charge is -2.18. The molecule has 0 aliphatic carbocycles. The van der Waals surface area contributed by atoms with Crippen molar-refractivity contribution in [3.05, 3.63) is 35.9 Å². The molecule has 0 aliphatic rings. The van der Waals surface area contributed by atoms with Crippen LogP contribution in [0.15, 0.2) is 30.3 Å². The van der Waals surface area contributed by atoms with E-state index in [-0.39, 0.29) is 6.61 Å². The van der Waals surface area contributed by atoms with Gasteiger partial charge in [0.05, 0.1) is 7.11 Å². The molecule has 1 rings (SSSR count). The number of rotatable bonds is 5. The monoisotopic (exact) mass is 268 g/mol. The second-order valence-corrected chi connectivity index (χ2v) is 3.63. The molecule has 0 heterocycles. The maximum absolute atomic E-state index is 11.4. The number of likely N-dealkylation sites (N-methyl/N-ethyl adjacent to an activating group) is 1. The number of amides is 2. The number of ether oxygens (including phenoxy) is 1. The zero-order valence-electron chi connectivity index (χ0n) is 10.7. The van der Waals surface area contributed by atoms with Crippen molar-refractivity contribution < 1.29 is 24.3 Å². The van der Waals surface area contributed by atoms with Gasteiger partial charge in [0.1, 0.15) is 6.61 Å². The van der Waals surface area contributed by atoms with Crippen molar-refractivity contribution in [1.82, 2.24) is 10.4 Å². The lowest BCUT2D eigenvalue weighted by atomic mass is 10.2. The Morgan fingerprint density at radius 1 is 1.37 bits per heavy atom. The van der Waals surface area contributed by atoms with Gasteiger partial charge in [0.2, 0.25) is 6.23 Å². The molecule has 0 fully saturated rings. The third-order valence-electron chi connectivity index (χ3n) is 2.29. The van der Waals surface area contributed by atoms with Crippen LogP contribution in [0.3, 0.4) is 0 Å². The molecule has 0 aromatic heterocycles. The molecule has 7 heteroatoms. The predicted octanol–water partition coefficient (Wildman–Crippen LogP) is 0.251. The maximum atomic E-state index is 11.4. The van der Waals surface area contributed by atoms with E-state index in [0.29, 0.717) is 0 Å². The molecule has 19 heavy (non-hydrogen) atoms. The molecule has 0 aliphatic heterocycles. The molecular formula is C12H16N2O5. The highest BCUT2D eigenvalue weighted by molar-refractivity contribution is 5.83. The highest BCUT2D eigenvalue weighted by Gasteiger charge is 2.22. The van der Waals surface area contributed by atoms with E-state index >= 15 is 0 Å². The lowest BCUT2D eigenvalue weighted by Crippen LogP contribution is -2.47. The molecule has 0 saturated carbocycles. The molecule has 2 N–H and O–H groups in total. The summed E-state index contributed by atoms with van der Waals surface area (Å²) in [5.74, 6) is -0.806. The van der Waals surface area contributed by atoms with Crippen LogP contribution >= 0.6 is 0 Å². The second-order valence-electron chi connectivity index (χ2n) is 3.63. The number of aliphatic hydroxyl groups excluding tert-OH is 1. The summed E-state index contributed by atoms with van der Waals surface area (Å²) in [5.41, 5.74) is 0.799. The van der Waals surface area contributed by atoms with Crippen molar-refractivity contribution in [3.8, 4) is 0 Å². The summed E-state index contributed by atoms with van der Waals surface area (Å²) < 4.78 is 4.84. The quantitative estimate of drug-likeness (QED) is 0.590. The summed E-state index contributed by atoms with van der Waals surface area (Å²) in [6.45, 7) is 0.0493. The number of nitrogens with zero attached hydrogens (tertiary/aromatic N) is 1. The van der Waals surface area contributed by atoms with E-state index in [0.717, 1.165) is 10.6 Å².